The molecule has 0 radical (unpaired) electrons. The third kappa shape index (κ3) is 2.74. The van der Waals surface area contributed by atoms with E-state index in [0.717, 1.165) is 23.6 Å². The van der Waals surface area contributed by atoms with Crippen molar-refractivity contribution in [1.29, 1.82) is 0 Å². The Bertz CT molecular complexity index is 809. The molecule has 0 atom stereocenters. The molecule has 136 valence electrons. The Kier molecular flexibility index (Phi) is 4.62. The molecule has 5 nitrogen and oxygen atoms in total. The highest BCUT2D eigenvalue weighted by Gasteiger charge is 2.56. The predicted molar refractivity (Wildman–Crippen MR) is 94.6 cm³/mol. The van der Waals surface area contributed by atoms with Crippen molar-refractivity contribution in [1.82, 2.24) is 9.62 Å². The second kappa shape index (κ2) is 6.44. The fraction of sp³-hybridized carbons (Fsp3) is 0.500. The average Bonchev–Trinajstić information content (AvgIpc) is 2.73. The quantitative estimate of drug-likeness (QED) is 0.869. The van der Waals surface area contributed by atoms with Gasteiger partial charge in [-0.05, 0) is 50.0 Å². The molecule has 0 aromatic heterocycles. The first kappa shape index (κ1) is 17.9. The smallest absolute Gasteiger partial charge is 0.332 e. The van der Waals surface area contributed by atoms with Gasteiger partial charge in [0.2, 0.25) is 0 Å². The molecule has 1 spiro atoms. The number of urea groups is 1. The van der Waals surface area contributed by atoms with Crippen molar-refractivity contribution >= 4 is 21.0 Å². The normalized spacial score (nSPS) is 21.6. The highest BCUT2D eigenvalue weighted by molar-refractivity contribution is 7.99. The Morgan fingerprint density at radius 3 is 2.36 bits per heavy atom. The second-order valence-corrected chi connectivity index (χ2v) is 8.38. The van der Waals surface area contributed by atoms with Crippen molar-refractivity contribution in [2.45, 2.75) is 51.5 Å². The third-order valence-electron chi connectivity index (χ3n) is 5.23. The van der Waals surface area contributed by atoms with Crippen molar-refractivity contribution in [3.05, 3.63) is 41.2 Å². The first-order chi connectivity index (χ1) is 11.8. The van der Waals surface area contributed by atoms with Crippen LogP contribution in [0.3, 0.4) is 0 Å². The van der Waals surface area contributed by atoms with E-state index in [4.69, 9.17) is 0 Å². The second-order valence-electron chi connectivity index (χ2n) is 6.66. The van der Waals surface area contributed by atoms with E-state index >= 15 is 0 Å². The van der Waals surface area contributed by atoms with Gasteiger partial charge in [0.1, 0.15) is 5.82 Å². The molecular weight excluding hydrogens is 343 g/mol. The maximum atomic E-state index is 13.3. The molecule has 1 N–H and O–H groups in total. The number of nitrogens with zero attached hydrogens (tertiary/aromatic N) is 1. The zero-order valence-electron chi connectivity index (χ0n) is 14.5. The number of hydrogen-bond donors (Lipinski definition) is 1. The molecule has 7 heteroatoms. The van der Waals surface area contributed by atoms with E-state index in [1.54, 1.807) is 13.8 Å². The molecule has 1 saturated carbocycles. The Morgan fingerprint density at radius 2 is 1.80 bits per heavy atom. The summed E-state index contributed by atoms with van der Waals surface area (Å²) in [4.78, 5) is 12.8. The molecule has 1 fully saturated rings. The summed E-state index contributed by atoms with van der Waals surface area (Å²) in [5.74, 6) is -0.426. The van der Waals surface area contributed by atoms with Crippen molar-refractivity contribution in [2.24, 2.45) is 0 Å². The van der Waals surface area contributed by atoms with Gasteiger partial charge >= 0.3 is 6.03 Å². The predicted octanol–water partition coefficient (Wildman–Crippen LogP) is 3.63. The van der Waals surface area contributed by atoms with Gasteiger partial charge in [-0.15, -0.1) is 0 Å². The highest BCUT2D eigenvalue weighted by Crippen LogP contribution is 2.51. The van der Waals surface area contributed by atoms with Crippen molar-refractivity contribution in [2.75, 3.05) is 6.54 Å². The zero-order valence-corrected chi connectivity index (χ0v) is 15.3. The standard InChI is InChI=1S/C18H23FN2O3S/c1-3-20-17(22)21-18(11-5-4-6-12-18)13(2)16(25(21,23)24)14-7-9-15(19)10-8-14/h7-10H,3-6,11-12H2,1-2H3,(H,20,22). The molecule has 2 amide bonds. The van der Waals surface area contributed by atoms with Crippen LogP contribution in [0.5, 0.6) is 0 Å². The first-order valence-corrected chi connectivity index (χ1v) is 10.1. The van der Waals surface area contributed by atoms with E-state index in [1.165, 1.54) is 24.3 Å². The van der Waals surface area contributed by atoms with Crippen LogP contribution in [0.25, 0.3) is 4.91 Å². The van der Waals surface area contributed by atoms with Gasteiger partial charge in [0.15, 0.2) is 0 Å². The lowest BCUT2D eigenvalue weighted by Crippen LogP contribution is -2.55. The summed E-state index contributed by atoms with van der Waals surface area (Å²) >= 11 is 0. The Balaban J connectivity index is 2.19. The average molecular weight is 366 g/mol. The summed E-state index contributed by atoms with van der Waals surface area (Å²) in [5, 5.41) is 2.64. The minimum Gasteiger partial charge on any atom is -0.337 e. The van der Waals surface area contributed by atoms with Gasteiger partial charge < -0.3 is 5.32 Å². The lowest BCUT2D eigenvalue weighted by atomic mass is 9.76. The number of sulfonamides is 1. The number of carbonyl (C=O) groups excluding carboxylic acids is 1. The monoisotopic (exact) mass is 366 g/mol. The van der Waals surface area contributed by atoms with Gasteiger partial charge in [-0.25, -0.2) is 21.9 Å². The van der Waals surface area contributed by atoms with E-state index in [-0.39, 0.29) is 4.91 Å². The number of hydrogen-bond acceptors (Lipinski definition) is 3. The van der Waals surface area contributed by atoms with Crippen LogP contribution < -0.4 is 5.32 Å². The van der Waals surface area contributed by atoms with Crippen LogP contribution in [0.1, 0.15) is 51.5 Å². The number of carbonyl (C=O) groups is 1. The maximum absolute atomic E-state index is 13.3. The lowest BCUT2D eigenvalue weighted by molar-refractivity contribution is 0.167. The molecule has 0 bridgehead atoms. The molecule has 0 saturated heterocycles. The molecular formula is C18H23FN2O3S. The van der Waals surface area contributed by atoms with E-state index < -0.39 is 27.4 Å². The summed E-state index contributed by atoms with van der Waals surface area (Å²) < 4.78 is 40.9. The Labute approximate surface area is 148 Å². The van der Waals surface area contributed by atoms with Gasteiger partial charge in [0.05, 0.1) is 10.4 Å². The van der Waals surface area contributed by atoms with Crippen LogP contribution in [0.15, 0.2) is 29.8 Å². The number of nitrogens with one attached hydrogen (secondary N) is 1. The van der Waals surface area contributed by atoms with Gasteiger partial charge in [0, 0.05) is 6.54 Å². The van der Waals surface area contributed by atoms with Gasteiger partial charge in [-0.1, -0.05) is 31.4 Å². The van der Waals surface area contributed by atoms with Crippen LogP contribution in [0, 0.1) is 5.82 Å². The SMILES string of the molecule is CCNC(=O)N1C2(CCCCC2)C(C)=C(c2ccc(F)cc2)S1(=O)=O. The molecule has 1 aromatic rings. The van der Waals surface area contributed by atoms with Crippen LogP contribution in [-0.2, 0) is 10.0 Å². The van der Waals surface area contributed by atoms with Gasteiger partial charge in [0.25, 0.3) is 10.0 Å². The molecule has 3 rings (SSSR count). The summed E-state index contributed by atoms with van der Waals surface area (Å²) in [6, 6.07) is 4.83. The zero-order chi connectivity index (χ0) is 18.2. The molecule has 1 aromatic carbocycles. The summed E-state index contributed by atoms with van der Waals surface area (Å²) in [5.41, 5.74) is 0.306. The van der Waals surface area contributed by atoms with Gasteiger partial charge in [-0.3, -0.25) is 0 Å². The first-order valence-electron chi connectivity index (χ1n) is 8.65. The van der Waals surface area contributed by atoms with E-state index in [9.17, 15) is 17.6 Å². The fourth-order valence-electron chi connectivity index (χ4n) is 4.09. The number of benzene rings is 1. The van der Waals surface area contributed by atoms with Crippen LogP contribution >= 0.6 is 0 Å². The summed E-state index contributed by atoms with van der Waals surface area (Å²) in [7, 11) is -3.99. The van der Waals surface area contributed by atoms with Crippen molar-refractivity contribution < 1.29 is 17.6 Å². The minimum atomic E-state index is -3.99. The number of amides is 2. The topological polar surface area (TPSA) is 66.5 Å². The molecule has 0 unspecified atom stereocenters. The summed E-state index contributed by atoms with van der Waals surface area (Å²) in [6.07, 6.45) is 4.03. The maximum Gasteiger partial charge on any atom is 0.332 e. The molecule has 2 aliphatic rings. The van der Waals surface area contributed by atoms with Crippen LogP contribution in [0.2, 0.25) is 0 Å². The van der Waals surface area contributed by atoms with Crippen LogP contribution in [-0.4, -0.2) is 30.8 Å². The molecule has 25 heavy (non-hydrogen) atoms. The van der Waals surface area contributed by atoms with E-state index in [2.05, 4.69) is 5.32 Å². The number of rotatable bonds is 2. The van der Waals surface area contributed by atoms with E-state index in [0.29, 0.717) is 30.5 Å². The minimum absolute atomic E-state index is 0.139. The molecule has 1 aliphatic heterocycles. The fourth-order valence-corrected chi connectivity index (χ4v) is 6.34. The van der Waals surface area contributed by atoms with E-state index in [1.807, 2.05) is 0 Å². The third-order valence-corrected chi connectivity index (χ3v) is 7.28. The van der Waals surface area contributed by atoms with Gasteiger partial charge in [-0.2, -0.15) is 0 Å². The molecule has 1 heterocycles. The highest BCUT2D eigenvalue weighted by atomic mass is 32.2. The Morgan fingerprint density at radius 1 is 1.20 bits per heavy atom. The number of halogens is 1. The van der Waals surface area contributed by atoms with Crippen LogP contribution in [0.4, 0.5) is 9.18 Å². The lowest BCUT2D eigenvalue weighted by Gasteiger charge is -2.41. The molecule has 1 aliphatic carbocycles. The Hall–Kier alpha value is -1.89. The van der Waals surface area contributed by atoms with Crippen molar-refractivity contribution in [3.8, 4) is 0 Å². The largest absolute Gasteiger partial charge is 0.337 e. The van der Waals surface area contributed by atoms with Crippen molar-refractivity contribution in [3.63, 3.8) is 0 Å². The summed E-state index contributed by atoms with van der Waals surface area (Å²) in [6.45, 7) is 3.90.